The number of carbonyl (C=O) groups is 1. The number of rotatable bonds is 6. The predicted octanol–water partition coefficient (Wildman–Crippen LogP) is 5.46. The summed E-state index contributed by atoms with van der Waals surface area (Å²) < 4.78 is 0. The molecule has 0 radical (unpaired) electrons. The maximum atomic E-state index is 12.4. The summed E-state index contributed by atoms with van der Waals surface area (Å²) in [6.07, 6.45) is 4.27. The van der Waals surface area contributed by atoms with Gasteiger partial charge >= 0.3 is 0 Å². The third kappa shape index (κ3) is 4.36. The van der Waals surface area contributed by atoms with Gasteiger partial charge in [0.15, 0.2) is 0 Å². The van der Waals surface area contributed by atoms with E-state index in [1.807, 2.05) is 31.4 Å². The lowest BCUT2D eigenvalue weighted by molar-refractivity contribution is -0.130. The summed E-state index contributed by atoms with van der Waals surface area (Å²) in [5, 5.41) is 2.27. The Labute approximate surface area is 157 Å². The molecular formula is C20H20Cl2N2O. The molecule has 0 fully saturated rings. The molecule has 0 saturated carbocycles. The van der Waals surface area contributed by atoms with Crippen LogP contribution in [0.5, 0.6) is 0 Å². The Morgan fingerprint density at radius 3 is 2.72 bits per heavy atom. The minimum atomic E-state index is 0.130. The number of hydrogen-bond donors (Lipinski definition) is 1. The van der Waals surface area contributed by atoms with E-state index >= 15 is 0 Å². The lowest BCUT2D eigenvalue weighted by Gasteiger charge is -2.17. The second kappa shape index (κ2) is 7.94. The molecule has 3 nitrogen and oxygen atoms in total. The molecule has 0 atom stereocenters. The largest absolute Gasteiger partial charge is 0.361 e. The van der Waals surface area contributed by atoms with Crippen molar-refractivity contribution >= 4 is 40.0 Å². The molecule has 0 aliphatic rings. The number of nitrogens with zero attached hydrogens (tertiary/aromatic N) is 1. The van der Waals surface area contributed by atoms with E-state index in [2.05, 4.69) is 17.1 Å². The van der Waals surface area contributed by atoms with Gasteiger partial charge in [0.25, 0.3) is 0 Å². The predicted molar refractivity (Wildman–Crippen MR) is 104 cm³/mol. The van der Waals surface area contributed by atoms with Crippen LogP contribution in [0, 0.1) is 0 Å². The van der Waals surface area contributed by atoms with Crippen molar-refractivity contribution in [2.45, 2.75) is 25.8 Å². The fraction of sp³-hybridized carbons (Fsp3) is 0.250. The first kappa shape index (κ1) is 17.8. The lowest BCUT2D eigenvalue weighted by Crippen LogP contribution is -2.25. The Bertz CT molecular complexity index is 888. The van der Waals surface area contributed by atoms with E-state index in [4.69, 9.17) is 23.2 Å². The van der Waals surface area contributed by atoms with Crippen LogP contribution >= 0.6 is 23.2 Å². The average molecular weight is 375 g/mol. The molecule has 1 N–H and O–H groups in total. The van der Waals surface area contributed by atoms with Gasteiger partial charge in [-0.05, 0) is 42.2 Å². The fourth-order valence-electron chi connectivity index (χ4n) is 2.96. The number of nitrogens with one attached hydrogen (secondary N) is 1. The normalized spacial score (nSPS) is 11.0. The number of fused-ring (bicyclic) bond motifs is 1. The summed E-state index contributed by atoms with van der Waals surface area (Å²) in [7, 11) is 1.82. The van der Waals surface area contributed by atoms with Crippen LogP contribution in [-0.4, -0.2) is 22.8 Å². The zero-order chi connectivity index (χ0) is 17.8. The van der Waals surface area contributed by atoms with E-state index in [1.54, 1.807) is 17.0 Å². The van der Waals surface area contributed by atoms with E-state index < -0.39 is 0 Å². The molecule has 2 aromatic carbocycles. The van der Waals surface area contributed by atoms with Gasteiger partial charge in [-0.25, -0.2) is 0 Å². The molecule has 0 bridgehead atoms. The van der Waals surface area contributed by atoms with Gasteiger partial charge in [-0.15, -0.1) is 0 Å². The molecule has 5 heteroatoms. The van der Waals surface area contributed by atoms with E-state index in [0.717, 1.165) is 23.9 Å². The van der Waals surface area contributed by atoms with Crippen LogP contribution in [0.2, 0.25) is 10.0 Å². The highest BCUT2D eigenvalue weighted by atomic mass is 35.5. The van der Waals surface area contributed by atoms with Crippen molar-refractivity contribution in [1.82, 2.24) is 9.88 Å². The number of halogens is 2. The lowest BCUT2D eigenvalue weighted by atomic mass is 10.1. The summed E-state index contributed by atoms with van der Waals surface area (Å²) in [5.74, 6) is 0.130. The number of aryl methyl sites for hydroxylation is 1. The maximum Gasteiger partial charge on any atom is 0.222 e. The number of amides is 1. The highest BCUT2D eigenvalue weighted by molar-refractivity contribution is 6.42. The summed E-state index contributed by atoms with van der Waals surface area (Å²) in [5.41, 5.74) is 3.37. The second-order valence-electron chi connectivity index (χ2n) is 6.21. The van der Waals surface area contributed by atoms with Crippen molar-refractivity contribution in [2.24, 2.45) is 0 Å². The molecule has 1 aromatic heterocycles. The van der Waals surface area contributed by atoms with Gasteiger partial charge in [-0.1, -0.05) is 47.5 Å². The molecule has 0 saturated heterocycles. The van der Waals surface area contributed by atoms with E-state index in [0.29, 0.717) is 23.0 Å². The van der Waals surface area contributed by atoms with Crippen molar-refractivity contribution in [3.05, 3.63) is 69.8 Å². The number of H-pyrrole nitrogens is 1. The van der Waals surface area contributed by atoms with Crippen LogP contribution in [0.4, 0.5) is 0 Å². The van der Waals surface area contributed by atoms with Crippen LogP contribution in [0.25, 0.3) is 10.9 Å². The van der Waals surface area contributed by atoms with E-state index in [-0.39, 0.29) is 5.91 Å². The van der Waals surface area contributed by atoms with Crippen LogP contribution in [0.3, 0.4) is 0 Å². The van der Waals surface area contributed by atoms with Crippen LogP contribution in [0.1, 0.15) is 24.0 Å². The van der Waals surface area contributed by atoms with Gasteiger partial charge in [0.2, 0.25) is 5.91 Å². The van der Waals surface area contributed by atoms with Gasteiger partial charge in [-0.2, -0.15) is 0 Å². The van der Waals surface area contributed by atoms with Crippen LogP contribution < -0.4 is 0 Å². The molecule has 0 unspecified atom stereocenters. The number of para-hydroxylation sites is 1. The van der Waals surface area contributed by atoms with E-state index in [1.165, 1.54) is 10.9 Å². The van der Waals surface area contributed by atoms with Gasteiger partial charge in [0.05, 0.1) is 10.0 Å². The van der Waals surface area contributed by atoms with E-state index in [9.17, 15) is 4.79 Å². The van der Waals surface area contributed by atoms with Gasteiger partial charge in [0, 0.05) is 37.1 Å². The SMILES string of the molecule is CN(Cc1ccc(Cl)c(Cl)c1)C(=O)CCCc1c[nH]c2ccccc12. The smallest absolute Gasteiger partial charge is 0.222 e. The molecule has 130 valence electrons. The number of aromatic amines is 1. The number of carbonyl (C=O) groups excluding carboxylic acids is 1. The first-order valence-electron chi connectivity index (χ1n) is 8.27. The maximum absolute atomic E-state index is 12.4. The zero-order valence-electron chi connectivity index (χ0n) is 14.1. The Kier molecular flexibility index (Phi) is 5.67. The molecule has 0 spiro atoms. The number of aromatic nitrogens is 1. The Morgan fingerprint density at radius 1 is 1.12 bits per heavy atom. The third-order valence-electron chi connectivity index (χ3n) is 4.34. The molecule has 0 aliphatic heterocycles. The first-order chi connectivity index (χ1) is 12.0. The Morgan fingerprint density at radius 2 is 1.92 bits per heavy atom. The van der Waals surface area contributed by atoms with Gasteiger partial charge < -0.3 is 9.88 Å². The minimum Gasteiger partial charge on any atom is -0.361 e. The number of hydrogen-bond acceptors (Lipinski definition) is 1. The van der Waals surface area contributed by atoms with Crippen LogP contribution in [-0.2, 0) is 17.8 Å². The standard InChI is InChI=1S/C20H20Cl2N2O/c1-24(13-14-9-10-17(21)18(22)11-14)20(25)8-4-5-15-12-23-19-7-3-2-6-16(15)19/h2-3,6-7,9-12,23H,4-5,8,13H2,1H3. The molecule has 25 heavy (non-hydrogen) atoms. The summed E-state index contributed by atoms with van der Waals surface area (Å²) >= 11 is 12.0. The molecule has 1 heterocycles. The highest BCUT2D eigenvalue weighted by Gasteiger charge is 2.11. The van der Waals surface area contributed by atoms with Crippen molar-refractivity contribution in [2.75, 3.05) is 7.05 Å². The molecule has 3 aromatic rings. The highest BCUT2D eigenvalue weighted by Crippen LogP contribution is 2.23. The first-order valence-corrected chi connectivity index (χ1v) is 9.03. The van der Waals surface area contributed by atoms with Gasteiger partial charge in [0.1, 0.15) is 0 Å². The molecule has 3 rings (SSSR count). The quantitative estimate of drug-likeness (QED) is 0.611. The average Bonchev–Trinajstić information content (AvgIpc) is 3.01. The van der Waals surface area contributed by atoms with Crippen LogP contribution in [0.15, 0.2) is 48.7 Å². The zero-order valence-corrected chi connectivity index (χ0v) is 15.6. The Hall–Kier alpha value is -1.97. The summed E-state index contributed by atoms with van der Waals surface area (Å²) in [6.45, 7) is 0.531. The Balaban J connectivity index is 1.52. The van der Waals surface area contributed by atoms with Gasteiger partial charge in [-0.3, -0.25) is 4.79 Å². The summed E-state index contributed by atoms with van der Waals surface area (Å²) in [4.78, 5) is 17.4. The van der Waals surface area contributed by atoms with Crippen molar-refractivity contribution in [3.63, 3.8) is 0 Å². The monoisotopic (exact) mass is 374 g/mol. The topological polar surface area (TPSA) is 36.1 Å². The summed E-state index contributed by atoms with van der Waals surface area (Å²) in [6, 6.07) is 13.7. The number of benzene rings is 2. The van der Waals surface area contributed by atoms with Crippen molar-refractivity contribution < 1.29 is 4.79 Å². The fourth-order valence-corrected chi connectivity index (χ4v) is 3.28. The molecular weight excluding hydrogens is 355 g/mol. The minimum absolute atomic E-state index is 0.130. The molecule has 0 aliphatic carbocycles. The van der Waals surface area contributed by atoms with Crippen molar-refractivity contribution in [1.29, 1.82) is 0 Å². The second-order valence-corrected chi connectivity index (χ2v) is 7.03. The third-order valence-corrected chi connectivity index (χ3v) is 5.08. The van der Waals surface area contributed by atoms with Crippen molar-refractivity contribution in [3.8, 4) is 0 Å². The molecule has 1 amide bonds.